The molecule has 0 N–H and O–H groups in total. The van der Waals surface area contributed by atoms with E-state index < -0.39 is 0 Å². The minimum Gasteiger partial charge on any atom is -0.462 e. The summed E-state index contributed by atoms with van der Waals surface area (Å²) in [6.07, 6.45) is 11.2. The van der Waals surface area contributed by atoms with Crippen molar-refractivity contribution in [1.29, 1.82) is 0 Å². The highest BCUT2D eigenvalue weighted by atomic mass is 35.5. The molecular weight excluding hydrogens is 360 g/mol. The maximum atomic E-state index is 12.5. The summed E-state index contributed by atoms with van der Waals surface area (Å²) in [5.74, 6) is 2.48. The van der Waals surface area contributed by atoms with E-state index in [0.717, 1.165) is 38.5 Å². The van der Waals surface area contributed by atoms with Crippen LogP contribution in [-0.2, 0) is 14.3 Å². The summed E-state index contributed by atoms with van der Waals surface area (Å²) in [7, 11) is 0. The number of carbonyl (C=O) groups excluding carboxylic acids is 2. The topological polar surface area (TPSA) is 43.4 Å². The fourth-order valence-corrected chi connectivity index (χ4v) is 7.77. The van der Waals surface area contributed by atoms with E-state index in [9.17, 15) is 9.59 Å². The quantitative estimate of drug-likeness (QED) is 0.371. The van der Waals surface area contributed by atoms with Gasteiger partial charge < -0.3 is 4.74 Å². The van der Waals surface area contributed by atoms with Gasteiger partial charge in [-0.25, -0.2) is 0 Å². The third-order valence-corrected chi connectivity index (χ3v) is 9.18. The summed E-state index contributed by atoms with van der Waals surface area (Å²) in [5, 5.41) is 0. The molecule has 7 unspecified atom stereocenters. The van der Waals surface area contributed by atoms with Crippen LogP contribution in [0, 0.1) is 34.5 Å². The number of allylic oxidation sites excluding steroid dienone is 1. The molecule has 0 aliphatic heterocycles. The summed E-state index contributed by atoms with van der Waals surface area (Å²) in [6.45, 7) is 6.34. The second-order valence-corrected chi connectivity index (χ2v) is 10.3. The van der Waals surface area contributed by atoms with E-state index in [1.54, 1.807) is 0 Å². The van der Waals surface area contributed by atoms with Crippen LogP contribution >= 0.6 is 11.6 Å². The first kappa shape index (κ1) is 19.5. The lowest BCUT2D eigenvalue weighted by Gasteiger charge is -2.58. The number of carbonyl (C=O) groups is 2. The molecular formula is C23H33ClO3. The van der Waals surface area contributed by atoms with Crippen LogP contribution in [-0.4, -0.2) is 23.7 Å². The van der Waals surface area contributed by atoms with E-state index >= 15 is 0 Å². The highest BCUT2D eigenvalue weighted by Crippen LogP contribution is 2.66. The lowest BCUT2D eigenvalue weighted by molar-refractivity contribution is -0.149. The van der Waals surface area contributed by atoms with Crippen LogP contribution in [0.3, 0.4) is 0 Å². The van der Waals surface area contributed by atoms with Crippen LogP contribution in [0.15, 0.2) is 11.6 Å². The minimum absolute atomic E-state index is 0.0597. The Labute approximate surface area is 168 Å². The number of halogens is 1. The molecule has 0 aromatic carbocycles. The van der Waals surface area contributed by atoms with Crippen LogP contribution in [0.1, 0.15) is 72.1 Å². The van der Waals surface area contributed by atoms with Gasteiger partial charge in [0.15, 0.2) is 5.78 Å². The van der Waals surface area contributed by atoms with Gasteiger partial charge in [-0.2, -0.15) is 0 Å². The zero-order valence-electron chi connectivity index (χ0n) is 16.9. The van der Waals surface area contributed by atoms with Crippen molar-refractivity contribution in [2.45, 2.75) is 78.2 Å². The standard InChI is InChI=1S/C23H33ClO3/c1-14(25)27-16-8-10-22(2)15(12-16)4-5-17-18-6-7-20(21(26)13-24)23(18,3)11-9-19(17)22/h4,16-20H,5-13H2,1-3H3. The monoisotopic (exact) mass is 392 g/mol. The van der Waals surface area contributed by atoms with Crippen molar-refractivity contribution in [3.8, 4) is 0 Å². The van der Waals surface area contributed by atoms with Gasteiger partial charge in [0, 0.05) is 19.3 Å². The highest BCUT2D eigenvalue weighted by Gasteiger charge is 2.59. The van der Waals surface area contributed by atoms with Gasteiger partial charge in [-0.3, -0.25) is 9.59 Å². The molecule has 7 atom stereocenters. The maximum Gasteiger partial charge on any atom is 0.302 e. The lowest BCUT2D eigenvalue weighted by atomic mass is 9.47. The first-order chi connectivity index (χ1) is 12.8. The highest BCUT2D eigenvalue weighted by molar-refractivity contribution is 6.28. The van der Waals surface area contributed by atoms with Gasteiger partial charge in [0.1, 0.15) is 6.10 Å². The smallest absolute Gasteiger partial charge is 0.302 e. The van der Waals surface area contributed by atoms with Gasteiger partial charge in [0.2, 0.25) is 0 Å². The van der Waals surface area contributed by atoms with Crippen LogP contribution in [0.4, 0.5) is 0 Å². The van der Waals surface area contributed by atoms with Gasteiger partial charge >= 0.3 is 5.97 Å². The molecule has 0 spiro atoms. The second-order valence-electron chi connectivity index (χ2n) is 10.0. The molecule has 27 heavy (non-hydrogen) atoms. The Morgan fingerprint density at radius 2 is 1.93 bits per heavy atom. The Kier molecular flexibility index (Phi) is 4.98. The van der Waals surface area contributed by atoms with E-state index in [1.807, 2.05) is 0 Å². The number of esters is 1. The van der Waals surface area contributed by atoms with Crippen molar-refractivity contribution < 1.29 is 14.3 Å². The van der Waals surface area contributed by atoms with Gasteiger partial charge in [-0.05, 0) is 73.5 Å². The molecule has 4 aliphatic carbocycles. The van der Waals surface area contributed by atoms with Gasteiger partial charge in [-0.1, -0.05) is 25.5 Å². The largest absolute Gasteiger partial charge is 0.462 e. The molecule has 0 aromatic rings. The molecule has 3 nitrogen and oxygen atoms in total. The van der Waals surface area contributed by atoms with Gasteiger partial charge in [-0.15, -0.1) is 11.6 Å². The van der Waals surface area contributed by atoms with E-state index in [4.69, 9.17) is 16.3 Å². The summed E-state index contributed by atoms with van der Waals surface area (Å²) < 4.78 is 5.53. The number of ketones is 1. The summed E-state index contributed by atoms with van der Waals surface area (Å²) in [6, 6.07) is 0. The number of fused-ring (bicyclic) bond motifs is 5. The number of hydrogen-bond donors (Lipinski definition) is 0. The fourth-order valence-electron chi connectivity index (χ4n) is 7.58. The molecule has 4 rings (SSSR count). The van der Waals surface area contributed by atoms with Crippen molar-refractivity contribution in [2.75, 3.05) is 5.88 Å². The minimum atomic E-state index is -0.160. The van der Waals surface area contributed by atoms with Gasteiger partial charge in [0.25, 0.3) is 0 Å². The SMILES string of the molecule is CC(=O)OC1CCC2(C)C(=CCC3C2CCC2(C)C(C(=O)CCl)CCC32)C1. The van der Waals surface area contributed by atoms with Crippen LogP contribution in [0.5, 0.6) is 0 Å². The van der Waals surface area contributed by atoms with Crippen molar-refractivity contribution in [2.24, 2.45) is 34.5 Å². The van der Waals surface area contributed by atoms with E-state index in [0.29, 0.717) is 17.8 Å². The molecule has 3 saturated carbocycles. The van der Waals surface area contributed by atoms with Crippen LogP contribution in [0.25, 0.3) is 0 Å². The Balaban J connectivity index is 1.57. The third-order valence-electron chi connectivity index (χ3n) is 8.91. The third kappa shape index (κ3) is 2.99. The first-order valence-corrected chi connectivity index (χ1v) is 11.3. The lowest BCUT2D eigenvalue weighted by Crippen LogP contribution is -2.51. The maximum absolute atomic E-state index is 12.5. The second kappa shape index (κ2) is 6.90. The van der Waals surface area contributed by atoms with E-state index in [-0.39, 0.29) is 40.5 Å². The first-order valence-electron chi connectivity index (χ1n) is 10.7. The molecule has 4 aliphatic rings. The Hall–Kier alpha value is -0.830. The van der Waals surface area contributed by atoms with Crippen LogP contribution in [0.2, 0.25) is 0 Å². The number of alkyl halides is 1. The van der Waals surface area contributed by atoms with Crippen LogP contribution < -0.4 is 0 Å². The summed E-state index contributed by atoms with van der Waals surface area (Å²) >= 11 is 5.93. The molecule has 0 aromatic heterocycles. The molecule has 0 amide bonds. The molecule has 4 heteroatoms. The molecule has 0 radical (unpaired) electrons. The average Bonchev–Trinajstić information content (AvgIpc) is 2.98. The predicted octanol–water partition coefficient (Wildman–Crippen LogP) is 5.31. The van der Waals surface area contributed by atoms with Crippen molar-refractivity contribution in [3.63, 3.8) is 0 Å². The number of hydrogen-bond acceptors (Lipinski definition) is 3. The molecule has 3 fully saturated rings. The number of Topliss-reactive ketones (excluding diaryl/α,β-unsaturated/α-hetero) is 1. The van der Waals surface area contributed by atoms with Crippen molar-refractivity contribution in [3.05, 3.63) is 11.6 Å². The molecule has 0 heterocycles. The van der Waals surface area contributed by atoms with E-state index in [1.165, 1.54) is 25.3 Å². The zero-order valence-corrected chi connectivity index (χ0v) is 17.7. The summed E-state index contributed by atoms with van der Waals surface area (Å²) in [4.78, 5) is 23.8. The zero-order chi connectivity index (χ0) is 19.4. The summed E-state index contributed by atoms with van der Waals surface area (Å²) in [5.41, 5.74) is 1.91. The Morgan fingerprint density at radius 1 is 1.15 bits per heavy atom. The normalized spacial score (nSPS) is 45.9. The molecule has 0 saturated heterocycles. The number of ether oxygens (including phenoxy) is 1. The van der Waals surface area contributed by atoms with Crippen molar-refractivity contribution >= 4 is 23.4 Å². The Bertz CT molecular complexity index is 671. The van der Waals surface area contributed by atoms with Crippen molar-refractivity contribution in [1.82, 2.24) is 0 Å². The average molecular weight is 393 g/mol. The molecule has 150 valence electrons. The predicted molar refractivity (Wildman–Crippen MR) is 106 cm³/mol. The van der Waals surface area contributed by atoms with Gasteiger partial charge in [0.05, 0.1) is 5.88 Å². The fraction of sp³-hybridized carbons (Fsp3) is 0.826. The molecule has 0 bridgehead atoms. The van der Waals surface area contributed by atoms with E-state index in [2.05, 4.69) is 19.9 Å². The number of rotatable bonds is 3. The Morgan fingerprint density at radius 3 is 2.63 bits per heavy atom.